The summed E-state index contributed by atoms with van der Waals surface area (Å²) < 4.78 is 28.8. The molecule has 0 spiro atoms. The number of hydrogen-bond donors (Lipinski definition) is 2. The fraction of sp³-hybridized carbons (Fsp3) is 0.500. The predicted octanol–water partition coefficient (Wildman–Crippen LogP) is 0.446. The second kappa shape index (κ2) is 8.76. The van der Waals surface area contributed by atoms with Crippen LogP contribution in [-0.4, -0.2) is 53.4 Å². The average Bonchev–Trinajstić information content (AvgIpc) is 2.50. The summed E-state index contributed by atoms with van der Waals surface area (Å²) in [5.74, 6) is -0.410. The van der Waals surface area contributed by atoms with Gasteiger partial charge in [-0.05, 0) is 12.1 Å². The van der Waals surface area contributed by atoms with Crippen molar-refractivity contribution in [1.29, 1.82) is 0 Å². The number of hydrogen-bond acceptors (Lipinski definition) is 5. The van der Waals surface area contributed by atoms with Crippen molar-refractivity contribution in [1.82, 2.24) is 10.6 Å². The number of ether oxygens (including phenoxy) is 1. The van der Waals surface area contributed by atoms with E-state index in [-0.39, 0.29) is 22.1 Å². The maximum atomic E-state index is 12.1. The van der Waals surface area contributed by atoms with Crippen molar-refractivity contribution in [2.75, 3.05) is 39.1 Å². The first-order chi connectivity index (χ1) is 10.0. The van der Waals surface area contributed by atoms with Gasteiger partial charge in [0, 0.05) is 26.7 Å². The third-order valence-corrected chi connectivity index (χ3v) is 4.70. The van der Waals surface area contributed by atoms with E-state index in [1.54, 1.807) is 26.2 Å². The quantitative estimate of drug-likeness (QED) is 0.646. The molecule has 0 unspecified atom stereocenters. The minimum atomic E-state index is -3.41. The Hall–Kier alpha value is -1.44. The predicted molar refractivity (Wildman–Crippen MR) is 81.2 cm³/mol. The van der Waals surface area contributed by atoms with Gasteiger partial charge in [-0.3, -0.25) is 4.79 Å². The number of benzene rings is 1. The molecule has 1 amide bonds. The smallest absolute Gasteiger partial charge is 0.252 e. The van der Waals surface area contributed by atoms with Crippen LogP contribution >= 0.6 is 0 Å². The lowest BCUT2D eigenvalue weighted by molar-refractivity contribution is 0.0950. The Morgan fingerprint density at radius 1 is 1.19 bits per heavy atom. The van der Waals surface area contributed by atoms with Crippen molar-refractivity contribution in [2.45, 2.75) is 11.8 Å². The normalized spacial score (nSPS) is 11.3. The number of rotatable bonds is 9. The van der Waals surface area contributed by atoms with Gasteiger partial charge in [0.1, 0.15) is 0 Å². The van der Waals surface area contributed by atoms with Crippen LogP contribution in [0.25, 0.3) is 0 Å². The van der Waals surface area contributed by atoms with Crippen LogP contribution in [0.3, 0.4) is 0 Å². The summed E-state index contributed by atoms with van der Waals surface area (Å²) in [6, 6.07) is 6.26. The SMILES string of the molecule is CCS(=O)(=O)c1ccccc1C(=O)NCCNCCOC. The van der Waals surface area contributed by atoms with Gasteiger partial charge >= 0.3 is 0 Å². The zero-order valence-electron chi connectivity index (χ0n) is 12.4. The molecule has 1 rings (SSSR count). The number of carbonyl (C=O) groups excluding carboxylic acids is 1. The lowest BCUT2D eigenvalue weighted by Gasteiger charge is -2.10. The molecule has 0 saturated carbocycles. The Morgan fingerprint density at radius 2 is 1.90 bits per heavy atom. The number of methoxy groups -OCH3 is 1. The molecule has 1 aromatic rings. The van der Waals surface area contributed by atoms with Crippen LogP contribution < -0.4 is 10.6 Å². The van der Waals surface area contributed by atoms with E-state index in [9.17, 15) is 13.2 Å². The van der Waals surface area contributed by atoms with Gasteiger partial charge in [-0.2, -0.15) is 0 Å². The van der Waals surface area contributed by atoms with Crippen molar-refractivity contribution < 1.29 is 17.9 Å². The van der Waals surface area contributed by atoms with Gasteiger partial charge < -0.3 is 15.4 Å². The molecule has 0 aliphatic heterocycles. The number of carbonyl (C=O) groups is 1. The zero-order valence-corrected chi connectivity index (χ0v) is 13.2. The standard InChI is InChI=1S/C14H22N2O4S/c1-3-21(18,19)13-7-5-4-6-12(13)14(17)16-9-8-15-10-11-20-2/h4-7,15H,3,8-11H2,1-2H3,(H,16,17). The van der Waals surface area contributed by atoms with E-state index >= 15 is 0 Å². The minimum Gasteiger partial charge on any atom is -0.383 e. The van der Waals surface area contributed by atoms with Crippen LogP contribution in [0.15, 0.2) is 29.2 Å². The molecule has 0 radical (unpaired) electrons. The summed E-state index contributed by atoms with van der Waals surface area (Å²) in [4.78, 5) is 12.2. The van der Waals surface area contributed by atoms with Gasteiger partial charge in [0.2, 0.25) is 0 Å². The van der Waals surface area contributed by atoms with Gasteiger partial charge in [0.05, 0.1) is 22.8 Å². The summed E-state index contributed by atoms with van der Waals surface area (Å²) in [7, 11) is -1.79. The molecule has 0 bridgehead atoms. The molecule has 118 valence electrons. The van der Waals surface area contributed by atoms with E-state index in [2.05, 4.69) is 10.6 Å². The number of nitrogens with one attached hydrogen (secondary N) is 2. The fourth-order valence-corrected chi connectivity index (χ4v) is 2.83. The number of amides is 1. The Morgan fingerprint density at radius 3 is 2.57 bits per heavy atom. The van der Waals surface area contributed by atoms with Gasteiger partial charge in [0.25, 0.3) is 5.91 Å². The van der Waals surface area contributed by atoms with Crippen LogP contribution in [0, 0.1) is 0 Å². The van der Waals surface area contributed by atoms with E-state index in [4.69, 9.17) is 4.74 Å². The largest absolute Gasteiger partial charge is 0.383 e. The van der Waals surface area contributed by atoms with Crippen LogP contribution in [0.1, 0.15) is 17.3 Å². The first-order valence-corrected chi connectivity index (χ1v) is 8.47. The molecule has 2 N–H and O–H groups in total. The highest BCUT2D eigenvalue weighted by molar-refractivity contribution is 7.91. The topological polar surface area (TPSA) is 84.5 Å². The Balaban J connectivity index is 2.63. The highest BCUT2D eigenvalue weighted by Gasteiger charge is 2.19. The van der Waals surface area contributed by atoms with Crippen LogP contribution in [0.4, 0.5) is 0 Å². The van der Waals surface area contributed by atoms with E-state index in [0.717, 1.165) is 0 Å². The van der Waals surface area contributed by atoms with Crippen molar-refractivity contribution in [3.8, 4) is 0 Å². The average molecular weight is 314 g/mol. The van der Waals surface area contributed by atoms with Gasteiger partial charge in [-0.25, -0.2) is 8.42 Å². The molecule has 7 heteroatoms. The Labute approximate surface area is 125 Å². The van der Waals surface area contributed by atoms with Crippen LogP contribution in [0.2, 0.25) is 0 Å². The highest BCUT2D eigenvalue weighted by Crippen LogP contribution is 2.16. The fourth-order valence-electron chi connectivity index (χ4n) is 1.74. The molecule has 21 heavy (non-hydrogen) atoms. The van der Waals surface area contributed by atoms with Gasteiger partial charge in [-0.15, -0.1) is 0 Å². The van der Waals surface area contributed by atoms with Crippen LogP contribution in [0.5, 0.6) is 0 Å². The summed E-state index contributed by atoms with van der Waals surface area (Å²) >= 11 is 0. The lowest BCUT2D eigenvalue weighted by atomic mass is 10.2. The zero-order chi connectivity index (χ0) is 15.7. The highest BCUT2D eigenvalue weighted by atomic mass is 32.2. The maximum Gasteiger partial charge on any atom is 0.252 e. The molecule has 0 saturated heterocycles. The van der Waals surface area contributed by atoms with E-state index < -0.39 is 9.84 Å². The molecular formula is C14H22N2O4S. The summed E-state index contributed by atoms with van der Waals surface area (Å²) in [6.07, 6.45) is 0. The van der Waals surface area contributed by atoms with E-state index in [0.29, 0.717) is 26.2 Å². The molecule has 0 aliphatic rings. The molecule has 1 aromatic carbocycles. The molecule has 0 aliphatic carbocycles. The van der Waals surface area contributed by atoms with Crippen molar-refractivity contribution in [3.63, 3.8) is 0 Å². The summed E-state index contributed by atoms with van der Waals surface area (Å²) in [5.41, 5.74) is 0.191. The third kappa shape index (κ3) is 5.45. The third-order valence-electron chi connectivity index (χ3n) is 2.92. The monoisotopic (exact) mass is 314 g/mol. The maximum absolute atomic E-state index is 12.1. The summed E-state index contributed by atoms with van der Waals surface area (Å²) in [6.45, 7) is 3.88. The Bertz CT molecular complexity index is 558. The van der Waals surface area contributed by atoms with Gasteiger partial charge in [0.15, 0.2) is 9.84 Å². The summed E-state index contributed by atoms with van der Waals surface area (Å²) in [5, 5.41) is 5.80. The van der Waals surface area contributed by atoms with E-state index in [1.165, 1.54) is 12.1 Å². The lowest BCUT2D eigenvalue weighted by Crippen LogP contribution is -2.33. The van der Waals surface area contributed by atoms with Crippen molar-refractivity contribution >= 4 is 15.7 Å². The first kappa shape index (κ1) is 17.6. The van der Waals surface area contributed by atoms with Crippen molar-refractivity contribution in [3.05, 3.63) is 29.8 Å². The first-order valence-electron chi connectivity index (χ1n) is 6.82. The number of sulfone groups is 1. The van der Waals surface area contributed by atoms with E-state index in [1.807, 2.05) is 0 Å². The van der Waals surface area contributed by atoms with Crippen molar-refractivity contribution in [2.24, 2.45) is 0 Å². The molecule has 0 fully saturated rings. The Kier molecular flexibility index (Phi) is 7.35. The second-order valence-electron chi connectivity index (χ2n) is 4.40. The van der Waals surface area contributed by atoms with Crippen LogP contribution in [-0.2, 0) is 14.6 Å². The molecule has 0 heterocycles. The molecular weight excluding hydrogens is 292 g/mol. The second-order valence-corrected chi connectivity index (χ2v) is 6.64. The molecule has 6 nitrogen and oxygen atoms in total. The molecule has 0 aromatic heterocycles. The molecule has 0 atom stereocenters. The minimum absolute atomic E-state index is 0.0319. The van der Waals surface area contributed by atoms with Gasteiger partial charge in [-0.1, -0.05) is 19.1 Å².